The Bertz CT molecular complexity index is 437. The number of methoxy groups -OCH3 is 1. The van der Waals surface area contributed by atoms with E-state index in [1.54, 1.807) is 17.9 Å². The van der Waals surface area contributed by atoms with Crippen LogP contribution in [0.25, 0.3) is 0 Å². The number of benzene rings is 1. The summed E-state index contributed by atoms with van der Waals surface area (Å²) in [6.07, 6.45) is -0.493. The maximum Gasteiger partial charge on any atom is 0.256 e. The van der Waals surface area contributed by atoms with Gasteiger partial charge >= 0.3 is 0 Å². The monoisotopic (exact) mass is 333 g/mol. The quantitative estimate of drug-likeness (QED) is 0.836. The van der Waals surface area contributed by atoms with Gasteiger partial charge < -0.3 is 9.64 Å². The third kappa shape index (κ3) is 3.46. The average molecular weight is 335 g/mol. The third-order valence-corrected chi connectivity index (χ3v) is 3.42. The van der Waals surface area contributed by atoms with Crippen molar-refractivity contribution in [3.63, 3.8) is 0 Å². The number of ether oxygens (including phenoxy) is 1. The smallest absolute Gasteiger partial charge is 0.256 e. The summed E-state index contributed by atoms with van der Waals surface area (Å²) in [7, 11) is 1.52. The van der Waals surface area contributed by atoms with Crippen molar-refractivity contribution >= 4 is 39.1 Å². The Kier molecular flexibility index (Phi) is 5.63. The van der Waals surface area contributed by atoms with Gasteiger partial charge in [-0.3, -0.25) is 4.79 Å². The van der Waals surface area contributed by atoms with Crippen molar-refractivity contribution in [2.75, 3.05) is 12.0 Å². The topological polar surface area (TPSA) is 29.5 Å². The number of hydrogen-bond acceptors (Lipinski definition) is 2. The normalized spacial score (nSPS) is 12.6. The first-order chi connectivity index (χ1) is 8.38. The molecule has 100 valence electrons. The maximum atomic E-state index is 12.3. The molecule has 0 saturated carbocycles. The second-order valence-corrected chi connectivity index (χ2v) is 5.60. The highest BCUT2D eigenvalue weighted by Crippen LogP contribution is 2.30. The number of rotatable bonds is 4. The number of halogens is 2. The second kappa shape index (κ2) is 6.55. The zero-order valence-corrected chi connectivity index (χ0v) is 13.2. The Labute approximate surface area is 121 Å². The summed E-state index contributed by atoms with van der Waals surface area (Å²) in [6.45, 7) is 5.61. The summed E-state index contributed by atoms with van der Waals surface area (Å²) in [5.74, 6) is -0.100. The number of amides is 1. The van der Waals surface area contributed by atoms with Gasteiger partial charge in [0.2, 0.25) is 0 Å². The predicted octanol–water partition coefficient (Wildman–Crippen LogP) is 3.88. The molecule has 0 aliphatic rings. The van der Waals surface area contributed by atoms with Crippen molar-refractivity contribution in [3.8, 4) is 0 Å². The molecule has 0 bridgehead atoms. The van der Waals surface area contributed by atoms with Crippen LogP contribution in [-0.4, -0.2) is 25.2 Å². The molecule has 1 atom stereocenters. The number of anilines is 1. The van der Waals surface area contributed by atoms with Crippen LogP contribution in [0.4, 0.5) is 5.69 Å². The minimum atomic E-state index is -0.493. The fourth-order valence-corrected chi connectivity index (χ4v) is 2.39. The highest BCUT2D eigenvalue weighted by atomic mass is 79.9. The van der Waals surface area contributed by atoms with Crippen molar-refractivity contribution in [2.24, 2.45) is 0 Å². The van der Waals surface area contributed by atoms with Crippen LogP contribution in [0.2, 0.25) is 5.02 Å². The van der Waals surface area contributed by atoms with Gasteiger partial charge in [0.25, 0.3) is 5.91 Å². The lowest BCUT2D eigenvalue weighted by Gasteiger charge is -2.29. The van der Waals surface area contributed by atoms with Crippen LogP contribution in [0.3, 0.4) is 0 Å². The first-order valence-electron chi connectivity index (χ1n) is 5.69. The minimum Gasteiger partial charge on any atom is -0.372 e. The van der Waals surface area contributed by atoms with Gasteiger partial charge in [-0.15, -0.1) is 0 Å². The minimum absolute atomic E-state index is 0.00813. The standard InChI is InChI=1S/C13H17BrClNO2/c1-8(2)16(13(17)9(3)18-4)12-6-5-10(14)7-11(12)15/h5-9H,1-4H3. The van der Waals surface area contributed by atoms with Gasteiger partial charge in [0.05, 0.1) is 10.7 Å². The molecule has 1 amide bonds. The van der Waals surface area contributed by atoms with Gasteiger partial charge in [0.1, 0.15) is 6.10 Å². The summed E-state index contributed by atoms with van der Waals surface area (Å²) >= 11 is 9.55. The van der Waals surface area contributed by atoms with Gasteiger partial charge in [-0.25, -0.2) is 0 Å². The van der Waals surface area contributed by atoms with E-state index in [1.165, 1.54) is 7.11 Å². The van der Waals surface area contributed by atoms with Crippen molar-refractivity contribution in [2.45, 2.75) is 32.9 Å². The molecule has 1 aromatic rings. The number of carbonyl (C=O) groups excluding carboxylic acids is 1. The maximum absolute atomic E-state index is 12.3. The lowest BCUT2D eigenvalue weighted by atomic mass is 10.2. The lowest BCUT2D eigenvalue weighted by molar-refractivity contribution is -0.127. The molecule has 5 heteroatoms. The summed E-state index contributed by atoms with van der Waals surface area (Å²) in [6, 6.07) is 5.47. The number of carbonyl (C=O) groups is 1. The Morgan fingerprint density at radius 2 is 2.00 bits per heavy atom. The van der Waals surface area contributed by atoms with Crippen LogP contribution in [0.15, 0.2) is 22.7 Å². The lowest BCUT2D eigenvalue weighted by Crippen LogP contribution is -2.43. The third-order valence-electron chi connectivity index (χ3n) is 2.62. The molecular weight excluding hydrogens is 318 g/mol. The summed E-state index contributed by atoms with van der Waals surface area (Å²) < 4.78 is 5.97. The average Bonchev–Trinajstić information content (AvgIpc) is 2.30. The summed E-state index contributed by atoms with van der Waals surface area (Å²) in [5.41, 5.74) is 0.698. The Hall–Kier alpha value is -0.580. The molecule has 0 aliphatic heterocycles. The van der Waals surface area contributed by atoms with Gasteiger partial charge in [-0.2, -0.15) is 0 Å². The largest absolute Gasteiger partial charge is 0.372 e. The SMILES string of the molecule is COC(C)C(=O)N(c1ccc(Br)cc1Cl)C(C)C. The molecule has 0 fully saturated rings. The second-order valence-electron chi connectivity index (χ2n) is 4.28. The molecule has 3 nitrogen and oxygen atoms in total. The molecule has 0 aliphatic carbocycles. The van der Waals surface area contributed by atoms with E-state index in [0.29, 0.717) is 10.7 Å². The van der Waals surface area contributed by atoms with E-state index in [9.17, 15) is 4.79 Å². The zero-order chi connectivity index (χ0) is 13.9. The predicted molar refractivity (Wildman–Crippen MR) is 78.2 cm³/mol. The molecule has 0 saturated heterocycles. The molecular formula is C13H17BrClNO2. The van der Waals surface area contributed by atoms with Crippen LogP contribution in [0, 0.1) is 0 Å². The van der Waals surface area contributed by atoms with Crippen LogP contribution < -0.4 is 4.90 Å². The molecule has 1 aromatic carbocycles. The molecule has 0 aromatic heterocycles. The highest BCUT2D eigenvalue weighted by Gasteiger charge is 2.25. The fourth-order valence-electron chi connectivity index (χ4n) is 1.62. The Morgan fingerprint density at radius 3 is 2.44 bits per heavy atom. The van der Waals surface area contributed by atoms with E-state index >= 15 is 0 Å². The fraction of sp³-hybridized carbons (Fsp3) is 0.462. The molecule has 18 heavy (non-hydrogen) atoms. The molecule has 1 rings (SSSR count). The zero-order valence-electron chi connectivity index (χ0n) is 10.9. The van der Waals surface area contributed by atoms with E-state index in [-0.39, 0.29) is 11.9 Å². The van der Waals surface area contributed by atoms with E-state index in [1.807, 2.05) is 26.0 Å². The number of nitrogens with zero attached hydrogens (tertiary/aromatic N) is 1. The Balaban J connectivity index is 3.16. The van der Waals surface area contributed by atoms with E-state index < -0.39 is 6.10 Å². The molecule has 0 radical (unpaired) electrons. The molecule has 0 spiro atoms. The van der Waals surface area contributed by atoms with E-state index in [2.05, 4.69) is 15.9 Å². The highest BCUT2D eigenvalue weighted by molar-refractivity contribution is 9.10. The van der Waals surface area contributed by atoms with Crippen molar-refractivity contribution in [1.82, 2.24) is 0 Å². The van der Waals surface area contributed by atoms with Crippen molar-refractivity contribution in [3.05, 3.63) is 27.7 Å². The van der Waals surface area contributed by atoms with E-state index in [4.69, 9.17) is 16.3 Å². The van der Waals surface area contributed by atoms with Gasteiger partial charge in [-0.1, -0.05) is 27.5 Å². The molecule has 0 heterocycles. The van der Waals surface area contributed by atoms with Gasteiger partial charge in [0, 0.05) is 17.6 Å². The first-order valence-corrected chi connectivity index (χ1v) is 6.86. The van der Waals surface area contributed by atoms with E-state index in [0.717, 1.165) is 4.47 Å². The van der Waals surface area contributed by atoms with Gasteiger partial charge in [-0.05, 0) is 39.0 Å². The van der Waals surface area contributed by atoms with Crippen LogP contribution in [0.1, 0.15) is 20.8 Å². The summed E-state index contributed by atoms with van der Waals surface area (Å²) in [4.78, 5) is 13.9. The van der Waals surface area contributed by atoms with Crippen LogP contribution >= 0.6 is 27.5 Å². The van der Waals surface area contributed by atoms with Crippen LogP contribution in [-0.2, 0) is 9.53 Å². The first kappa shape index (κ1) is 15.5. The molecule has 1 unspecified atom stereocenters. The van der Waals surface area contributed by atoms with Crippen molar-refractivity contribution in [1.29, 1.82) is 0 Å². The number of hydrogen-bond donors (Lipinski definition) is 0. The Morgan fingerprint density at radius 1 is 1.39 bits per heavy atom. The van der Waals surface area contributed by atoms with Crippen LogP contribution in [0.5, 0.6) is 0 Å². The van der Waals surface area contributed by atoms with Gasteiger partial charge in [0.15, 0.2) is 0 Å². The van der Waals surface area contributed by atoms with Crippen molar-refractivity contribution < 1.29 is 9.53 Å². The summed E-state index contributed by atoms with van der Waals surface area (Å²) in [5, 5.41) is 0.537. The molecule has 0 N–H and O–H groups in total.